The van der Waals surface area contributed by atoms with Crippen LogP contribution in [0.2, 0.25) is 5.02 Å². The van der Waals surface area contributed by atoms with Crippen LogP contribution in [0.4, 0.5) is 4.39 Å². The third-order valence-corrected chi connectivity index (χ3v) is 2.03. The fourth-order valence-electron chi connectivity index (χ4n) is 1.01. The van der Waals surface area contributed by atoms with Crippen molar-refractivity contribution in [3.63, 3.8) is 0 Å². The molecule has 0 aliphatic carbocycles. The molecule has 0 aliphatic rings. The number of ether oxygens (including phenoxy) is 1. The van der Waals surface area contributed by atoms with E-state index >= 15 is 0 Å². The standard InChI is InChI=1S/C10H8ClFO3/c1-15-8-4-3-7(11)6(10(8)12)2-5-9(13)14/h2-5H,1H3,(H,13,14). The van der Waals surface area contributed by atoms with Crippen LogP contribution in [0.15, 0.2) is 18.2 Å². The Balaban J connectivity index is 3.21. The predicted octanol–water partition coefficient (Wildman–Crippen LogP) is 2.59. The van der Waals surface area contributed by atoms with E-state index in [1.54, 1.807) is 0 Å². The number of carboxylic acids is 1. The largest absolute Gasteiger partial charge is 0.494 e. The summed E-state index contributed by atoms with van der Waals surface area (Å²) in [5.74, 6) is -1.83. The SMILES string of the molecule is COc1ccc(Cl)c(C=CC(=O)O)c1F. The van der Waals surface area contributed by atoms with E-state index in [9.17, 15) is 9.18 Å². The van der Waals surface area contributed by atoms with Crippen molar-refractivity contribution in [3.05, 3.63) is 34.6 Å². The van der Waals surface area contributed by atoms with Gasteiger partial charge in [0.15, 0.2) is 11.6 Å². The lowest BCUT2D eigenvalue weighted by Crippen LogP contribution is -1.93. The summed E-state index contributed by atoms with van der Waals surface area (Å²) in [7, 11) is 1.32. The van der Waals surface area contributed by atoms with Crippen LogP contribution in [0.5, 0.6) is 5.75 Å². The van der Waals surface area contributed by atoms with Crippen LogP contribution in [0, 0.1) is 5.82 Å². The molecule has 1 rings (SSSR count). The van der Waals surface area contributed by atoms with Crippen molar-refractivity contribution < 1.29 is 19.0 Å². The number of carboxylic acid groups (broad SMARTS) is 1. The second kappa shape index (κ2) is 4.79. The molecule has 0 saturated heterocycles. The van der Waals surface area contributed by atoms with Crippen LogP contribution in [0.25, 0.3) is 6.08 Å². The molecular formula is C10H8ClFO3. The molecule has 1 aromatic carbocycles. The number of benzene rings is 1. The maximum Gasteiger partial charge on any atom is 0.328 e. The fourth-order valence-corrected chi connectivity index (χ4v) is 1.22. The third-order valence-electron chi connectivity index (χ3n) is 1.70. The third kappa shape index (κ3) is 2.70. The highest BCUT2D eigenvalue weighted by Crippen LogP contribution is 2.27. The first-order valence-electron chi connectivity index (χ1n) is 3.99. The molecule has 3 nitrogen and oxygen atoms in total. The van der Waals surface area contributed by atoms with Gasteiger partial charge in [0, 0.05) is 11.6 Å². The van der Waals surface area contributed by atoms with Crippen molar-refractivity contribution in [3.8, 4) is 5.75 Å². The van der Waals surface area contributed by atoms with E-state index in [2.05, 4.69) is 0 Å². The summed E-state index contributed by atoms with van der Waals surface area (Å²) in [5.41, 5.74) is -0.00147. The smallest absolute Gasteiger partial charge is 0.328 e. The van der Waals surface area contributed by atoms with Crippen molar-refractivity contribution in [1.29, 1.82) is 0 Å². The molecule has 0 radical (unpaired) electrons. The van der Waals surface area contributed by atoms with E-state index in [-0.39, 0.29) is 16.3 Å². The van der Waals surface area contributed by atoms with Gasteiger partial charge in [-0.25, -0.2) is 9.18 Å². The molecule has 1 aromatic rings. The Hall–Kier alpha value is -1.55. The van der Waals surface area contributed by atoms with E-state index in [1.165, 1.54) is 19.2 Å². The van der Waals surface area contributed by atoms with Crippen molar-refractivity contribution in [1.82, 2.24) is 0 Å². The molecule has 0 unspecified atom stereocenters. The highest BCUT2D eigenvalue weighted by atomic mass is 35.5. The van der Waals surface area contributed by atoms with Gasteiger partial charge >= 0.3 is 5.97 Å². The number of hydrogen-bond donors (Lipinski definition) is 1. The first-order chi connectivity index (χ1) is 7.06. The Kier molecular flexibility index (Phi) is 3.68. The Morgan fingerprint density at radius 2 is 2.27 bits per heavy atom. The lowest BCUT2D eigenvalue weighted by molar-refractivity contribution is -0.131. The maximum atomic E-state index is 13.5. The number of hydrogen-bond acceptors (Lipinski definition) is 2. The van der Waals surface area contributed by atoms with Gasteiger partial charge in [-0.3, -0.25) is 0 Å². The summed E-state index contributed by atoms with van der Waals surface area (Å²) < 4.78 is 18.3. The highest BCUT2D eigenvalue weighted by molar-refractivity contribution is 6.32. The molecule has 0 fully saturated rings. The summed E-state index contributed by atoms with van der Waals surface area (Å²) >= 11 is 5.70. The van der Waals surface area contributed by atoms with Crippen molar-refractivity contribution in [2.24, 2.45) is 0 Å². The summed E-state index contributed by atoms with van der Waals surface area (Å²) in [6.07, 6.45) is 1.90. The van der Waals surface area contributed by atoms with Crippen LogP contribution >= 0.6 is 11.6 Å². The zero-order chi connectivity index (χ0) is 11.4. The lowest BCUT2D eigenvalue weighted by atomic mass is 10.2. The molecule has 0 atom stereocenters. The van der Waals surface area contributed by atoms with Crippen LogP contribution in [-0.2, 0) is 4.79 Å². The molecule has 5 heteroatoms. The number of aliphatic carboxylic acids is 1. The molecule has 0 aliphatic heterocycles. The maximum absolute atomic E-state index is 13.5. The van der Waals surface area contributed by atoms with Gasteiger partial charge < -0.3 is 9.84 Å². The number of carbonyl (C=O) groups is 1. The van der Waals surface area contributed by atoms with E-state index in [1.807, 2.05) is 0 Å². The molecule has 0 spiro atoms. The van der Waals surface area contributed by atoms with Crippen molar-refractivity contribution >= 4 is 23.6 Å². The minimum Gasteiger partial charge on any atom is -0.494 e. The van der Waals surface area contributed by atoms with Crippen LogP contribution in [0.1, 0.15) is 5.56 Å². The van der Waals surface area contributed by atoms with Crippen molar-refractivity contribution in [2.45, 2.75) is 0 Å². The van der Waals surface area contributed by atoms with Gasteiger partial charge in [-0.2, -0.15) is 0 Å². The first kappa shape index (κ1) is 11.5. The fraction of sp³-hybridized carbons (Fsp3) is 0.100. The number of methoxy groups -OCH3 is 1. The zero-order valence-electron chi connectivity index (χ0n) is 7.83. The number of halogens is 2. The van der Waals surface area contributed by atoms with E-state index in [0.29, 0.717) is 0 Å². The molecule has 80 valence electrons. The predicted molar refractivity (Wildman–Crippen MR) is 54.6 cm³/mol. The van der Waals surface area contributed by atoms with Gasteiger partial charge in [-0.1, -0.05) is 11.6 Å². The van der Waals surface area contributed by atoms with Gasteiger partial charge in [0.25, 0.3) is 0 Å². The topological polar surface area (TPSA) is 46.5 Å². The Morgan fingerprint density at radius 1 is 1.60 bits per heavy atom. The molecule has 0 amide bonds. The highest BCUT2D eigenvalue weighted by Gasteiger charge is 2.10. The molecule has 0 aromatic heterocycles. The Labute approximate surface area is 90.7 Å². The van der Waals surface area contributed by atoms with Crippen LogP contribution < -0.4 is 4.74 Å². The van der Waals surface area contributed by atoms with E-state index in [0.717, 1.165) is 12.2 Å². The van der Waals surface area contributed by atoms with Crippen LogP contribution in [-0.4, -0.2) is 18.2 Å². The van der Waals surface area contributed by atoms with Crippen molar-refractivity contribution in [2.75, 3.05) is 7.11 Å². The molecule has 1 N–H and O–H groups in total. The monoisotopic (exact) mass is 230 g/mol. The molecular weight excluding hydrogens is 223 g/mol. The normalized spacial score (nSPS) is 10.6. The zero-order valence-corrected chi connectivity index (χ0v) is 8.58. The van der Waals surface area contributed by atoms with Gasteiger partial charge in [-0.05, 0) is 18.2 Å². The minimum atomic E-state index is -1.17. The van der Waals surface area contributed by atoms with E-state index in [4.69, 9.17) is 21.4 Å². The van der Waals surface area contributed by atoms with Gasteiger partial charge in [-0.15, -0.1) is 0 Å². The molecule has 0 saturated carbocycles. The molecule has 15 heavy (non-hydrogen) atoms. The average Bonchev–Trinajstić information content (AvgIpc) is 2.17. The first-order valence-corrected chi connectivity index (χ1v) is 4.37. The van der Waals surface area contributed by atoms with Gasteiger partial charge in [0.2, 0.25) is 0 Å². The minimum absolute atomic E-state index is 0.00147. The summed E-state index contributed by atoms with van der Waals surface area (Å²) in [5, 5.41) is 8.53. The van der Waals surface area contributed by atoms with E-state index < -0.39 is 11.8 Å². The van der Waals surface area contributed by atoms with Crippen LogP contribution in [0.3, 0.4) is 0 Å². The second-order valence-corrected chi connectivity index (χ2v) is 3.06. The lowest BCUT2D eigenvalue weighted by Gasteiger charge is -2.05. The summed E-state index contributed by atoms with van der Waals surface area (Å²) in [6, 6.07) is 2.81. The molecule has 0 bridgehead atoms. The quantitative estimate of drug-likeness (QED) is 0.812. The summed E-state index contributed by atoms with van der Waals surface area (Å²) in [6.45, 7) is 0. The van der Waals surface area contributed by atoms with Gasteiger partial charge in [0.1, 0.15) is 0 Å². The van der Waals surface area contributed by atoms with Gasteiger partial charge in [0.05, 0.1) is 12.1 Å². The average molecular weight is 231 g/mol. The second-order valence-electron chi connectivity index (χ2n) is 2.65. The number of rotatable bonds is 3. The Morgan fingerprint density at radius 3 is 2.80 bits per heavy atom. The Bertz CT molecular complexity index is 415. The molecule has 0 heterocycles. The summed E-state index contributed by atoms with van der Waals surface area (Å²) in [4.78, 5) is 10.3.